The van der Waals surface area contributed by atoms with Crippen LogP contribution in [0.2, 0.25) is 5.02 Å². The van der Waals surface area contributed by atoms with E-state index in [1.54, 1.807) is 12.1 Å². The fourth-order valence-electron chi connectivity index (χ4n) is 1.73. The van der Waals surface area contributed by atoms with Gasteiger partial charge < -0.3 is 9.73 Å². The highest BCUT2D eigenvalue weighted by molar-refractivity contribution is 6.31. The molecule has 0 spiro atoms. The number of rotatable bonds is 4. The van der Waals surface area contributed by atoms with Gasteiger partial charge in [0.15, 0.2) is 0 Å². The first-order valence-electron chi connectivity index (χ1n) is 5.80. The van der Waals surface area contributed by atoms with Crippen LogP contribution in [0, 0.1) is 12.7 Å². The zero-order chi connectivity index (χ0) is 13.1. The van der Waals surface area contributed by atoms with E-state index in [1.165, 1.54) is 6.07 Å². The molecule has 0 aliphatic carbocycles. The fourth-order valence-corrected chi connectivity index (χ4v) is 1.93. The molecule has 0 saturated heterocycles. The van der Waals surface area contributed by atoms with Crippen molar-refractivity contribution in [3.8, 4) is 0 Å². The molecule has 1 N–H and O–H groups in total. The lowest BCUT2D eigenvalue weighted by Gasteiger charge is -2.12. The van der Waals surface area contributed by atoms with Crippen LogP contribution in [0.15, 0.2) is 34.7 Å². The van der Waals surface area contributed by atoms with E-state index in [-0.39, 0.29) is 11.1 Å². The zero-order valence-electron chi connectivity index (χ0n) is 10.3. The molecule has 0 bridgehead atoms. The van der Waals surface area contributed by atoms with Crippen LogP contribution < -0.4 is 5.32 Å². The van der Waals surface area contributed by atoms with Gasteiger partial charge in [0.25, 0.3) is 0 Å². The Balaban J connectivity index is 2.01. The molecule has 1 atom stereocenters. The van der Waals surface area contributed by atoms with E-state index in [0.29, 0.717) is 6.54 Å². The summed E-state index contributed by atoms with van der Waals surface area (Å²) in [5.41, 5.74) is 0.742. The van der Waals surface area contributed by atoms with Crippen molar-refractivity contribution in [2.75, 3.05) is 0 Å². The summed E-state index contributed by atoms with van der Waals surface area (Å²) < 4.78 is 18.8. The molecular weight excluding hydrogens is 253 g/mol. The summed E-state index contributed by atoms with van der Waals surface area (Å²) in [6.07, 6.45) is 0. The van der Waals surface area contributed by atoms with Gasteiger partial charge in [0.2, 0.25) is 0 Å². The van der Waals surface area contributed by atoms with Crippen molar-refractivity contribution in [3.05, 3.63) is 58.3 Å². The Morgan fingerprint density at radius 1 is 1.33 bits per heavy atom. The molecule has 1 aromatic heterocycles. The Hall–Kier alpha value is -1.32. The zero-order valence-corrected chi connectivity index (χ0v) is 11.1. The van der Waals surface area contributed by atoms with Crippen molar-refractivity contribution in [1.82, 2.24) is 5.32 Å². The van der Waals surface area contributed by atoms with Gasteiger partial charge in [-0.3, -0.25) is 0 Å². The Labute approximate surface area is 111 Å². The topological polar surface area (TPSA) is 25.2 Å². The Bertz CT molecular complexity index is 538. The normalized spacial score (nSPS) is 12.7. The molecule has 2 rings (SSSR count). The molecular formula is C14H15ClFNO. The lowest BCUT2D eigenvalue weighted by atomic mass is 10.2. The van der Waals surface area contributed by atoms with Gasteiger partial charge in [-0.05, 0) is 37.6 Å². The third kappa shape index (κ3) is 2.92. The largest absolute Gasteiger partial charge is 0.465 e. The molecule has 1 aromatic carbocycles. The average Bonchev–Trinajstić information content (AvgIpc) is 2.77. The van der Waals surface area contributed by atoms with Crippen LogP contribution in [-0.2, 0) is 6.54 Å². The maximum absolute atomic E-state index is 13.3. The van der Waals surface area contributed by atoms with Gasteiger partial charge in [-0.15, -0.1) is 0 Å². The summed E-state index contributed by atoms with van der Waals surface area (Å²) in [7, 11) is 0. The summed E-state index contributed by atoms with van der Waals surface area (Å²) in [4.78, 5) is 0. The molecule has 18 heavy (non-hydrogen) atoms. The van der Waals surface area contributed by atoms with Crippen molar-refractivity contribution >= 4 is 11.6 Å². The summed E-state index contributed by atoms with van der Waals surface area (Å²) in [6, 6.07) is 8.71. The van der Waals surface area contributed by atoms with E-state index in [4.69, 9.17) is 16.0 Å². The average molecular weight is 268 g/mol. The second-order valence-electron chi connectivity index (χ2n) is 4.26. The quantitative estimate of drug-likeness (QED) is 0.897. The van der Waals surface area contributed by atoms with Gasteiger partial charge in [-0.25, -0.2) is 4.39 Å². The van der Waals surface area contributed by atoms with Gasteiger partial charge in [0, 0.05) is 6.54 Å². The smallest absolute Gasteiger partial charge is 0.142 e. The second-order valence-corrected chi connectivity index (χ2v) is 4.64. The van der Waals surface area contributed by atoms with Crippen LogP contribution in [0.5, 0.6) is 0 Å². The van der Waals surface area contributed by atoms with E-state index < -0.39 is 5.82 Å². The minimum absolute atomic E-state index is 0.0537. The monoisotopic (exact) mass is 267 g/mol. The van der Waals surface area contributed by atoms with Crippen LogP contribution in [0.4, 0.5) is 4.39 Å². The van der Waals surface area contributed by atoms with E-state index >= 15 is 0 Å². The number of halogens is 2. The van der Waals surface area contributed by atoms with E-state index in [1.807, 2.05) is 26.0 Å². The summed E-state index contributed by atoms with van der Waals surface area (Å²) in [6.45, 7) is 4.39. The predicted octanol–water partition coefficient (Wildman–Crippen LogP) is 4.23. The van der Waals surface area contributed by atoms with Crippen LogP contribution in [0.1, 0.15) is 30.0 Å². The highest BCUT2D eigenvalue weighted by Gasteiger charge is 2.11. The predicted molar refractivity (Wildman–Crippen MR) is 70.1 cm³/mol. The van der Waals surface area contributed by atoms with Crippen LogP contribution in [0.3, 0.4) is 0 Å². The van der Waals surface area contributed by atoms with E-state index in [2.05, 4.69) is 5.32 Å². The van der Waals surface area contributed by atoms with Crippen molar-refractivity contribution in [2.24, 2.45) is 0 Å². The van der Waals surface area contributed by atoms with E-state index in [9.17, 15) is 4.39 Å². The minimum Gasteiger partial charge on any atom is -0.465 e. The molecule has 0 aliphatic rings. The number of furan rings is 1. The lowest BCUT2D eigenvalue weighted by Crippen LogP contribution is -2.18. The van der Waals surface area contributed by atoms with Crippen LogP contribution in [0.25, 0.3) is 0 Å². The summed E-state index contributed by atoms with van der Waals surface area (Å²) in [5, 5.41) is 3.43. The molecule has 0 aliphatic heterocycles. The third-order valence-corrected chi connectivity index (χ3v) is 3.24. The second kappa shape index (κ2) is 5.55. The van der Waals surface area contributed by atoms with Gasteiger partial charge in [-0.2, -0.15) is 0 Å². The molecule has 0 amide bonds. The molecule has 4 heteroatoms. The SMILES string of the molecule is Cc1ccc(C(C)NCc2cccc(F)c2Cl)o1. The van der Waals surface area contributed by atoms with Crippen LogP contribution in [-0.4, -0.2) is 0 Å². The first-order chi connectivity index (χ1) is 8.58. The van der Waals surface area contributed by atoms with Gasteiger partial charge in [0.1, 0.15) is 17.3 Å². The molecule has 2 nitrogen and oxygen atoms in total. The molecule has 0 radical (unpaired) electrons. The molecule has 1 heterocycles. The van der Waals surface area contributed by atoms with Gasteiger partial charge in [0.05, 0.1) is 11.1 Å². The first-order valence-corrected chi connectivity index (χ1v) is 6.18. The summed E-state index contributed by atoms with van der Waals surface area (Å²) in [5.74, 6) is 1.35. The minimum atomic E-state index is -0.391. The Kier molecular flexibility index (Phi) is 4.04. The number of nitrogens with one attached hydrogen (secondary N) is 1. The van der Waals surface area contributed by atoms with Crippen molar-refractivity contribution in [3.63, 3.8) is 0 Å². The number of hydrogen-bond acceptors (Lipinski definition) is 2. The number of hydrogen-bond donors (Lipinski definition) is 1. The van der Waals surface area contributed by atoms with Crippen molar-refractivity contribution in [2.45, 2.75) is 26.4 Å². The maximum Gasteiger partial charge on any atom is 0.142 e. The molecule has 1 unspecified atom stereocenters. The summed E-state index contributed by atoms with van der Waals surface area (Å²) >= 11 is 5.89. The number of benzene rings is 1. The highest BCUT2D eigenvalue weighted by atomic mass is 35.5. The number of aryl methyl sites for hydroxylation is 1. The first kappa shape index (κ1) is 13.1. The fraction of sp³-hybridized carbons (Fsp3) is 0.286. The molecule has 0 fully saturated rings. The highest BCUT2D eigenvalue weighted by Crippen LogP contribution is 2.21. The Morgan fingerprint density at radius 2 is 2.11 bits per heavy atom. The molecule has 0 saturated carbocycles. The van der Waals surface area contributed by atoms with Crippen LogP contribution >= 0.6 is 11.6 Å². The Morgan fingerprint density at radius 3 is 2.78 bits per heavy atom. The molecule has 96 valence electrons. The van der Waals surface area contributed by atoms with Crippen molar-refractivity contribution in [1.29, 1.82) is 0 Å². The van der Waals surface area contributed by atoms with E-state index in [0.717, 1.165) is 17.1 Å². The van der Waals surface area contributed by atoms with Gasteiger partial charge in [-0.1, -0.05) is 23.7 Å². The van der Waals surface area contributed by atoms with Gasteiger partial charge >= 0.3 is 0 Å². The van der Waals surface area contributed by atoms with Crippen molar-refractivity contribution < 1.29 is 8.81 Å². The third-order valence-electron chi connectivity index (χ3n) is 2.82. The standard InChI is InChI=1S/C14H15ClFNO/c1-9-6-7-13(18-9)10(2)17-8-11-4-3-5-12(16)14(11)15/h3-7,10,17H,8H2,1-2H3. The lowest BCUT2D eigenvalue weighted by molar-refractivity contribution is 0.415. The maximum atomic E-state index is 13.3. The molecule has 2 aromatic rings.